The fraction of sp³-hybridized carbons (Fsp3) is 0.286. The van der Waals surface area contributed by atoms with Gasteiger partial charge in [-0.3, -0.25) is 10.1 Å². The average molecular weight is 333 g/mol. The van der Waals surface area contributed by atoms with Gasteiger partial charge in [-0.05, 0) is 13.3 Å². The summed E-state index contributed by atoms with van der Waals surface area (Å²) >= 11 is 2.99. The molecule has 0 saturated carbocycles. The maximum absolute atomic E-state index is 12.3. The monoisotopic (exact) mass is 333 g/mol. The van der Waals surface area contributed by atoms with Crippen molar-refractivity contribution >= 4 is 34.5 Å². The number of aromatic nitrogens is 4. The van der Waals surface area contributed by atoms with Crippen LogP contribution in [0.1, 0.15) is 28.8 Å². The van der Waals surface area contributed by atoms with Crippen molar-refractivity contribution < 1.29 is 4.79 Å². The predicted octanol–water partition coefficient (Wildman–Crippen LogP) is 3.43. The zero-order valence-electron chi connectivity index (χ0n) is 12.2. The van der Waals surface area contributed by atoms with E-state index in [2.05, 4.69) is 27.2 Å². The Labute approximate surface area is 135 Å². The van der Waals surface area contributed by atoms with Crippen molar-refractivity contribution in [1.29, 1.82) is 0 Å². The third-order valence-electron chi connectivity index (χ3n) is 2.98. The van der Waals surface area contributed by atoms with E-state index < -0.39 is 0 Å². The number of anilines is 1. The number of imidazole rings is 1. The van der Waals surface area contributed by atoms with Crippen LogP contribution in [0.15, 0.2) is 23.2 Å². The molecule has 0 saturated heterocycles. The molecule has 8 heteroatoms. The van der Waals surface area contributed by atoms with E-state index in [-0.39, 0.29) is 5.91 Å². The third-order valence-corrected chi connectivity index (χ3v) is 4.62. The summed E-state index contributed by atoms with van der Waals surface area (Å²) in [6, 6.07) is 0. The van der Waals surface area contributed by atoms with Crippen LogP contribution in [-0.2, 0) is 6.54 Å². The number of nitrogens with one attached hydrogen (secondary N) is 1. The minimum atomic E-state index is -0.252. The van der Waals surface area contributed by atoms with Gasteiger partial charge in [-0.25, -0.2) is 15.0 Å². The molecule has 22 heavy (non-hydrogen) atoms. The highest BCUT2D eigenvalue weighted by Crippen LogP contribution is 2.25. The number of carbonyl (C=O) groups excluding carboxylic acids is 1. The molecule has 0 spiro atoms. The van der Waals surface area contributed by atoms with Gasteiger partial charge in [0.2, 0.25) is 5.95 Å². The Morgan fingerprint density at radius 2 is 2.18 bits per heavy atom. The van der Waals surface area contributed by atoms with Gasteiger partial charge in [-0.15, -0.1) is 22.7 Å². The van der Waals surface area contributed by atoms with E-state index in [9.17, 15) is 4.79 Å². The van der Waals surface area contributed by atoms with Gasteiger partial charge in [-0.1, -0.05) is 6.92 Å². The Kier molecular flexibility index (Phi) is 4.30. The molecule has 0 aliphatic heterocycles. The third kappa shape index (κ3) is 3.07. The smallest absolute Gasteiger partial charge is 0.277 e. The lowest BCUT2D eigenvalue weighted by Crippen LogP contribution is -2.16. The summed E-state index contributed by atoms with van der Waals surface area (Å²) < 4.78 is 1.91. The fourth-order valence-electron chi connectivity index (χ4n) is 1.98. The molecule has 0 bridgehead atoms. The minimum absolute atomic E-state index is 0.252. The molecule has 1 N–H and O–H groups in total. The van der Waals surface area contributed by atoms with E-state index in [1.807, 2.05) is 23.1 Å². The first-order chi connectivity index (χ1) is 10.7. The van der Waals surface area contributed by atoms with E-state index in [4.69, 9.17) is 0 Å². The van der Waals surface area contributed by atoms with Gasteiger partial charge in [-0.2, -0.15) is 0 Å². The van der Waals surface area contributed by atoms with Gasteiger partial charge in [0.05, 0.1) is 5.01 Å². The average Bonchev–Trinajstić information content (AvgIpc) is 3.20. The molecule has 3 heterocycles. The fourth-order valence-corrected chi connectivity index (χ4v) is 3.41. The summed E-state index contributed by atoms with van der Waals surface area (Å²) in [5.41, 5.74) is 1.20. The lowest BCUT2D eigenvalue weighted by atomic mass is 10.4. The van der Waals surface area contributed by atoms with Crippen LogP contribution in [-0.4, -0.2) is 25.4 Å². The van der Waals surface area contributed by atoms with Crippen molar-refractivity contribution in [3.8, 4) is 10.7 Å². The van der Waals surface area contributed by atoms with Crippen LogP contribution in [0.25, 0.3) is 10.7 Å². The Morgan fingerprint density at radius 1 is 1.32 bits per heavy atom. The number of carbonyl (C=O) groups is 1. The number of hydrogen-bond acceptors (Lipinski definition) is 6. The SMILES string of the molecule is CCCn1ccnc1NC(=O)c1csc(-c2csc(C)n2)n1. The van der Waals surface area contributed by atoms with Crippen molar-refractivity contribution in [2.45, 2.75) is 26.8 Å². The molecule has 0 aliphatic carbocycles. The quantitative estimate of drug-likeness (QED) is 0.776. The van der Waals surface area contributed by atoms with Crippen molar-refractivity contribution in [3.05, 3.63) is 33.9 Å². The Balaban J connectivity index is 1.75. The van der Waals surface area contributed by atoms with Gasteiger partial charge in [0.1, 0.15) is 16.4 Å². The zero-order chi connectivity index (χ0) is 15.5. The highest BCUT2D eigenvalue weighted by atomic mass is 32.1. The first-order valence-electron chi connectivity index (χ1n) is 6.88. The maximum atomic E-state index is 12.3. The molecule has 3 aromatic heterocycles. The molecule has 1 amide bonds. The largest absolute Gasteiger partial charge is 0.317 e. The van der Waals surface area contributed by atoms with Crippen molar-refractivity contribution in [2.24, 2.45) is 0 Å². The Hall–Kier alpha value is -2.06. The lowest BCUT2D eigenvalue weighted by molar-refractivity contribution is 0.102. The number of aryl methyl sites for hydroxylation is 2. The lowest BCUT2D eigenvalue weighted by Gasteiger charge is -2.06. The molecule has 0 unspecified atom stereocenters. The second kappa shape index (κ2) is 6.37. The second-order valence-corrected chi connectivity index (χ2v) is 6.61. The van der Waals surface area contributed by atoms with Gasteiger partial charge >= 0.3 is 0 Å². The second-order valence-electron chi connectivity index (χ2n) is 4.69. The highest BCUT2D eigenvalue weighted by Gasteiger charge is 2.15. The predicted molar refractivity (Wildman–Crippen MR) is 88.4 cm³/mol. The van der Waals surface area contributed by atoms with Crippen LogP contribution in [0.3, 0.4) is 0 Å². The zero-order valence-corrected chi connectivity index (χ0v) is 13.9. The summed E-state index contributed by atoms with van der Waals surface area (Å²) in [5, 5.41) is 8.23. The van der Waals surface area contributed by atoms with Gasteiger partial charge in [0.25, 0.3) is 5.91 Å². The number of amides is 1. The minimum Gasteiger partial charge on any atom is -0.317 e. The van der Waals surface area contributed by atoms with Gasteiger partial charge in [0.15, 0.2) is 0 Å². The van der Waals surface area contributed by atoms with Gasteiger partial charge < -0.3 is 4.57 Å². The molecule has 114 valence electrons. The molecular weight excluding hydrogens is 318 g/mol. The Bertz CT molecular complexity index is 789. The van der Waals surface area contributed by atoms with E-state index in [1.165, 1.54) is 11.3 Å². The number of thiazole rings is 2. The van der Waals surface area contributed by atoms with E-state index in [1.54, 1.807) is 22.9 Å². The summed E-state index contributed by atoms with van der Waals surface area (Å²) in [4.78, 5) is 25.2. The topological polar surface area (TPSA) is 72.7 Å². The van der Waals surface area contributed by atoms with Crippen LogP contribution in [0.5, 0.6) is 0 Å². The molecule has 0 radical (unpaired) electrons. The van der Waals surface area contributed by atoms with Crippen LogP contribution >= 0.6 is 22.7 Å². The normalized spacial score (nSPS) is 10.8. The van der Waals surface area contributed by atoms with Crippen molar-refractivity contribution in [2.75, 3.05) is 5.32 Å². The number of nitrogens with zero attached hydrogens (tertiary/aromatic N) is 4. The van der Waals surface area contributed by atoms with Gasteiger partial charge in [0, 0.05) is 29.7 Å². The molecule has 0 aliphatic rings. The molecule has 0 atom stereocenters. The molecule has 0 aromatic carbocycles. The van der Waals surface area contributed by atoms with Crippen LogP contribution in [0.2, 0.25) is 0 Å². The summed E-state index contributed by atoms with van der Waals surface area (Å²) in [6.45, 7) is 4.84. The van der Waals surface area contributed by atoms with Crippen molar-refractivity contribution in [1.82, 2.24) is 19.5 Å². The summed E-state index contributed by atoms with van der Waals surface area (Å²) in [5.74, 6) is 0.295. The molecule has 3 aromatic rings. The first kappa shape index (κ1) is 14.9. The molecule has 3 rings (SSSR count). The molecule has 6 nitrogen and oxygen atoms in total. The molecular formula is C14H15N5OS2. The number of hydrogen-bond donors (Lipinski definition) is 1. The van der Waals surface area contributed by atoms with Crippen LogP contribution < -0.4 is 5.32 Å². The summed E-state index contributed by atoms with van der Waals surface area (Å²) in [7, 11) is 0. The maximum Gasteiger partial charge on any atom is 0.277 e. The standard InChI is InChI=1S/C14H15N5OS2/c1-3-5-19-6-4-15-14(19)18-12(20)10-7-22-13(17-10)11-8-21-9(2)16-11/h4,6-8H,3,5H2,1-2H3,(H,15,18,20). The number of rotatable bonds is 5. The highest BCUT2D eigenvalue weighted by molar-refractivity contribution is 7.14. The summed E-state index contributed by atoms with van der Waals surface area (Å²) in [6.07, 6.45) is 4.50. The van der Waals surface area contributed by atoms with Crippen LogP contribution in [0.4, 0.5) is 5.95 Å². The first-order valence-corrected chi connectivity index (χ1v) is 8.64. The Morgan fingerprint density at radius 3 is 2.91 bits per heavy atom. The van der Waals surface area contributed by atoms with E-state index in [0.717, 1.165) is 28.7 Å². The van der Waals surface area contributed by atoms with Crippen LogP contribution in [0, 0.1) is 6.92 Å². The molecule has 0 fully saturated rings. The van der Waals surface area contributed by atoms with E-state index >= 15 is 0 Å². The van der Waals surface area contributed by atoms with Crippen molar-refractivity contribution in [3.63, 3.8) is 0 Å². The van der Waals surface area contributed by atoms with E-state index in [0.29, 0.717) is 11.6 Å².